The summed E-state index contributed by atoms with van der Waals surface area (Å²) < 4.78 is 71.1. The summed E-state index contributed by atoms with van der Waals surface area (Å²) in [5, 5.41) is 3.87. The first-order valence-electron chi connectivity index (χ1n) is 9.87. The molecule has 32 heavy (non-hydrogen) atoms. The first kappa shape index (κ1) is 28.0. The van der Waals surface area contributed by atoms with Gasteiger partial charge in [-0.2, -0.15) is 5.53 Å². The molecule has 0 amide bonds. The molecule has 0 saturated heterocycles. The molecule has 0 radical (unpaired) electrons. The molecule has 12 heteroatoms. The van der Waals surface area contributed by atoms with E-state index >= 15 is 0 Å². The van der Waals surface area contributed by atoms with Gasteiger partial charge < -0.3 is 9.47 Å². The van der Waals surface area contributed by atoms with Crippen LogP contribution in [0.4, 0.5) is 30.9 Å². The number of benzene rings is 2. The van der Waals surface area contributed by atoms with Crippen molar-refractivity contribution in [3.8, 4) is 11.5 Å². The van der Waals surface area contributed by atoms with Gasteiger partial charge in [-0.1, -0.05) is 56.7 Å². The van der Waals surface area contributed by atoms with Gasteiger partial charge in [0.1, 0.15) is 5.75 Å². The minimum atomic E-state index is -10.7. The van der Waals surface area contributed by atoms with Gasteiger partial charge in [-0.05, 0) is 30.1 Å². The predicted octanol–water partition coefficient (Wildman–Crippen LogP) is 8.42. The predicted molar refractivity (Wildman–Crippen MR) is 115 cm³/mol. The van der Waals surface area contributed by atoms with E-state index in [4.69, 9.17) is 15.0 Å². The van der Waals surface area contributed by atoms with Crippen LogP contribution < -0.4 is 15.0 Å². The molecule has 4 nitrogen and oxygen atoms in total. The second kappa shape index (κ2) is 11.2. The summed E-state index contributed by atoms with van der Waals surface area (Å²) in [4.78, 5) is 2.17. The summed E-state index contributed by atoms with van der Waals surface area (Å²) >= 11 is 1.66. The Hall–Kier alpha value is -2.00. The van der Waals surface area contributed by atoms with E-state index in [1.54, 1.807) is 11.8 Å². The molecule has 0 spiro atoms. The molecular weight excluding hydrogens is 477 g/mol. The second-order valence-corrected chi connectivity index (χ2v) is 9.71. The summed E-state index contributed by atoms with van der Waals surface area (Å²) in [6, 6.07) is 14.1. The first-order chi connectivity index (χ1) is 14.7. The van der Waals surface area contributed by atoms with Crippen LogP contribution in [0.1, 0.15) is 39.5 Å². The van der Waals surface area contributed by atoms with Crippen molar-refractivity contribution in [1.29, 1.82) is 0 Å². The average molecular weight is 504 g/mol. The Morgan fingerprint density at radius 1 is 0.844 bits per heavy atom. The fourth-order valence-electron chi connectivity index (χ4n) is 2.21. The fourth-order valence-corrected chi connectivity index (χ4v) is 3.14. The van der Waals surface area contributed by atoms with Crippen LogP contribution in [0.15, 0.2) is 57.4 Å². The number of nitrogens with zero attached hydrogens (tertiary/aromatic N) is 1. The van der Waals surface area contributed by atoms with Crippen molar-refractivity contribution in [2.24, 2.45) is 5.11 Å². The molecule has 0 aliphatic carbocycles. The van der Waals surface area contributed by atoms with Crippen LogP contribution in [-0.4, -0.2) is 13.2 Å². The van der Waals surface area contributed by atoms with Gasteiger partial charge in [0.05, 0.1) is 18.1 Å². The zero-order valence-electron chi connectivity index (χ0n) is 17.7. The van der Waals surface area contributed by atoms with E-state index in [-0.39, 0.29) is 0 Å². The Morgan fingerprint density at radius 3 is 1.81 bits per heavy atom. The topological polar surface area (TPSA) is 56.4 Å². The van der Waals surface area contributed by atoms with E-state index in [1.807, 2.05) is 30.3 Å². The Kier molecular flexibility index (Phi) is 9.84. The molecule has 182 valence electrons. The number of halogens is 6. The van der Waals surface area contributed by atoms with Crippen LogP contribution >= 0.6 is 19.6 Å². The van der Waals surface area contributed by atoms with E-state index in [0.717, 1.165) is 41.2 Å². The third kappa shape index (κ3) is 14.1. The van der Waals surface area contributed by atoms with Crippen molar-refractivity contribution >= 4 is 25.3 Å². The summed E-state index contributed by atoms with van der Waals surface area (Å²) in [7, 11) is -10.7. The van der Waals surface area contributed by atoms with E-state index in [1.165, 1.54) is 0 Å². The van der Waals surface area contributed by atoms with Gasteiger partial charge in [0.25, 0.3) is 0 Å². The van der Waals surface area contributed by atoms with Crippen LogP contribution in [0.3, 0.4) is 0 Å². The van der Waals surface area contributed by atoms with E-state index in [0.29, 0.717) is 24.7 Å². The molecule has 2 N–H and O–H groups in total. The summed E-state index contributed by atoms with van der Waals surface area (Å²) in [6.45, 7) is 5.62. The third-order valence-electron chi connectivity index (χ3n) is 3.65. The summed E-state index contributed by atoms with van der Waals surface area (Å²) in [6.07, 6.45) is 4.19. The van der Waals surface area contributed by atoms with Crippen LogP contribution in [0.25, 0.3) is 0 Å². The van der Waals surface area contributed by atoms with Crippen LogP contribution in [0.2, 0.25) is 0 Å². The number of rotatable bonds is 11. The number of hydrogen-bond donors (Lipinski definition) is 1. The average Bonchev–Trinajstić information content (AvgIpc) is 2.68. The van der Waals surface area contributed by atoms with Crippen LogP contribution in [-0.2, 0) is 0 Å². The molecule has 2 aromatic rings. The van der Waals surface area contributed by atoms with Gasteiger partial charge in [-0.25, -0.2) is 0 Å². The Labute approximate surface area is 187 Å². The normalized spacial score (nSPS) is 13.2. The van der Waals surface area contributed by atoms with E-state index < -0.39 is 7.81 Å². The number of ether oxygens (including phenoxy) is 2. The van der Waals surface area contributed by atoms with E-state index in [9.17, 15) is 25.2 Å². The Balaban J connectivity index is 0.000000633. The third-order valence-corrected chi connectivity index (χ3v) is 4.69. The molecule has 0 fully saturated rings. The van der Waals surface area contributed by atoms with Gasteiger partial charge in [0.15, 0.2) is 11.4 Å². The molecule has 0 atom stereocenters. The molecule has 0 saturated carbocycles. The fraction of sp³-hybridized carbons (Fsp3) is 0.400. The molecule has 2 aromatic carbocycles. The van der Waals surface area contributed by atoms with Gasteiger partial charge in [-0.3, -0.25) is 0 Å². The van der Waals surface area contributed by atoms with Crippen molar-refractivity contribution in [3.63, 3.8) is 0 Å². The SMILES string of the molecule is CCCCOc1cc(Sc2ccccc2)c(OCCCC)cc1N=[NH2+].F[P-](F)(F)(F)(F)F. The van der Waals surface area contributed by atoms with Crippen molar-refractivity contribution in [1.82, 2.24) is 0 Å². The van der Waals surface area contributed by atoms with Crippen LogP contribution in [0.5, 0.6) is 11.5 Å². The summed E-state index contributed by atoms with van der Waals surface area (Å²) in [5.74, 6) is 1.51. The quantitative estimate of drug-likeness (QED) is 0.145. The zero-order valence-corrected chi connectivity index (χ0v) is 19.5. The van der Waals surface area contributed by atoms with Gasteiger partial charge >= 0.3 is 33.0 Å². The first-order valence-corrected chi connectivity index (χ1v) is 12.7. The van der Waals surface area contributed by atoms with Crippen molar-refractivity contribution in [2.45, 2.75) is 49.3 Å². The van der Waals surface area contributed by atoms with Crippen molar-refractivity contribution in [2.75, 3.05) is 13.2 Å². The number of hydrogen-bond acceptors (Lipinski definition) is 4. The molecule has 0 aliphatic heterocycles. The standard InChI is InChI=1S/C20H26N2O2S.F6P/c1-3-5-12-23-18-15-20(25-16-10-8-7-9-11-16)19(14-17(18)22-21)24-13-6-4-2;1-7(2,3,4,5)6/h7-11,14-15,21H,3-6,12-13H2,1-2H3;/q;-1/p+1. The molecule has 0 bridgehead atoms. The number of nitrogens with two attached hydrogens (primary N) is 1. The Bertz CT molecular complexity index is 857. The molecule has 2 rings (SSSR count). The maximum absolute atomic E-state index is 10.7. The second-order valence-electron chi connectivity index (χ2n) is 6.67. The van der Waals surface area contributed by atoms with Gasteiger partial charge in [-0.15, -0.1) is 0 Å². The van der Waals surface area contributed by atoms with Crippen molar-refractivity contribution < 1.29 is 40.2 Å². The van der Waals surface area contributed by atoms with Crippen LogP contribution in [0, 0.1) is 0 Å². The number of unbranched alkanes of at least 4 members (excludes halogenated alkanes) is 2. The monoisotopic (exact) mass is 504 g/mol. The van der Waals surface area contributed by atoms with E-state index in [2.05, 4.69) is 31.1 Å². The molecule has 0 aliphatic rings. The van der Waals surface area contributed by atoms with Crippen molar-refractivity contribution in [3.05, 3.63) is 42.5 Å². The summed E-state index contributed by atoms with van der Waals surface area (Å²) in [5.41, 5.74) is 6.19. The molecule has 0 heterocycles. The molecule has 0 unspecified atom stereocenters. The maximum atomic E-state index is 9.87. The Morgan fingerprint density at radius 2 is 1.34 bits per heavy atom. The van der Waals surface area contributed by atoms with Gasteiger partial charge in [0.2, 0.25) is 0 Å². The van der Waals surface area contributed by atoms with Gasteiger partial charge in [0, 0.05) is 17.0 Å². The zero-order chi connectivity index (χ0) is 24.3. The molecular formula is C20H27F6N2O2PS. The minimum absolute atomic E-state index is 0.625. The molecule has 0 aromatic heterocycles.